The SMILES string of the molecule is CCCCCCOc1ccc(NCC(C)Oc2ccccc2C)cc1. The second-order valence-electron chi connectivity index (χ2n) is 6.51. The summed E-state index contributed by atoms with van der Waals surface area (Å²) in [6.45, 7) is 7.92. The molecule has 2 aromatic carbocycles. The van der Waals surface area contributed by atoms with Crippen LogP contribution in [0.15, 0.2) is 48.5 Å². The molecule has 0 amide bonds. The highest BCUT2D eigenvalue weighted by Crippen LogP contribution is 2.19. The van der Waals surface area contributed by atoms with Crippen molar-refractivity contribution in [2.24, 2.45) is 0 Å². The maximum atomic E-state index is 5.99. The standard InChI is InChI=1S/C22H31NO2/c1-4-5-6-9-16-24-21-14-12-20(13-15-21)23-17-19(3)25-22-11-8-7-10-18(22)2/h7-8,10-15,19,23H,4-6,9,16-17H2,1-3H3. The fourth-order valence-electron chi connectivity index (χ4n) is 2.60. The van der Waals surface area contributed by atoms with Crippen molar-refractivity contribution in [3.63, 3.8) is 0 Å². The summed E-state index contributed by atoms with van der Waals surface area (Å²) in [5, 5.41) is 3.41. The molecule has 3 nitrogen and oxygen atoms in total. The van der Waals surface area contributed by atoms with E-state index in [0.29, 0.717) is 0 Å². The number of rotatable bonds is 11. The number of hydrogen-bond acceptors (Lipinski definition) is 3. The largest absolute Gasteiger partial charge is 0.494 e. The summed E-state index contributed by atoms with van der Waals surface area (Å²) in [5.41, 5.74) is 2.24. The molecule has 1 N–H and O–H groups in total. The molecular weight excluding hydrogens is 310 g/mol. The molecule has 0 aliphatic carbocycles. The molecule has 2 aromatic rings. The Hall–Kier alpha value is -2.16. The van der Waals surface area contributed by atoms with E-state index in [9.17, 15) is 0 Å². The smallest absolute Gasteiger partial charge is 0.122 e. The Labute approximate surface area is 152 Å². The van der Waals surface area contributed by atoms with Gasteiger partial charge in [0.05, 0.1) is 13.2 Å². The van der Waals surface area contributed by atoms with Gasteiger partial charge in [-0.3, -0.25) is 0 Å². The minimum atomic E-state index is 0.0931. The van der Waals surface area contributed by atoms with Crippen LogP contribution < -0.4 is 14.8 Å². The predicted octanol–water partition coefficient (Wildman–Crippen LogP) is 5.83. The summed E-state index contributed by atoms with van der Waals surface area (Å²) in [4.78, 5) is 0. The first kappa shape index (κ1) is 19.2. The fourth-order valence-corrected chi connectivity index (χ4v) is 2.60. The van der Waals surface area contributed by atoms with Crippen LogP contribution in [0.2, 0.25) is 0 Å². The number of para-hydroxylation sites is 1. The first-order chi connectivity index (χ1) is 12.2. The minimum Gasteiger partial charge on any atom is -0.494 e. The van der Waals surface area contributed by atoms with Gasteiger partial charge in [0.1, 0.15) is 17.6 Å². The number of unbranched alkanes of at least 4 members (excludes halogenated alkanes) is 3. The van der Waals surface area contributed by atoms with Gasteiger partial charge in [-0.1, -0.05) is 44.4 Å². The van der Waals surface area contributed by atoms with Crippen LogP contribution in [0.1, 0.15) is 45.1 Å². The van der Waals surface area contributed by atoms with Crippen molar-refractivity contribution in [2.75, 3.05) is 18.5 Å². The monoisotopic (exact) mass is 341 g/mol. The van der Waals surface area contributed by atoms with Crippen molar-refractivity contribution < 1.29 is 9.47 Å². The lowest BCUT2D eigenvalue weighted by Gasteiger charge is -2.17. The zero-order chi connectivity index (χ0) is 17.9. The van der Waals surface area contributed by atoms with E-state index in [4.69, 9.17) is 9.47 Å². The second-order valence-corrected chi connectivity index (χ2v) is 6.51. The van der Waals surface area contributed by atoms with E-state index < -0.39 is 0 Å². The van der Waals surface area contributed by atoms with E-state index in [0.717, 1.165) is 42.3 Å². The summed E-state index contributed by atoms with van der Waals surface area (Å²) in [5.74, 6) is 1.88. The Morgan fingerprint density at radius 1 is 0.960 bits per heavy atom. The van der Waals surface area contributed by atoms with Gasteiger partial charge in [0.25, 0.3) is 0 Å². The van der Waals surface area contributed by atoms with Crippen LogP contribution in [0, 0.1) is 6.92 Å². The van der Waals surface area contributed by atoms with Gasteiger partial charge in [-0.25, -0.2) is 0 Å². The summed E-state index contributed by atoms with van der Waals surface area (Å²) in [6, 6.07) is 16.3. The van der Waals surface area contributed by atoms with E-state index in [2.05, 4.69) is 44.3 Å². The van der Waals surface area contributed by atoms with Crippen LogP contribution >= 0.6 is 0 Å². The van der Waals surface area contributed by atoms with Crippen molar-refractivity contribution in [3.05, 3.63) is 54.1 Å². The van der Waals surface area contributed by atoms with E-state index >= 15 is 0 Å². The minimum absolute atomic E-state index is 0.0931. The third kappa shape index (κ3) is 7.08. The molecule has 2 rings (SSSR count). The molecule has 0 bridgehead atoms. The molecule has 1 unspecified atom stereocenters. The van der Waals surface area contributed by atoms with Gasteiger partial charge in [0, 0.05) is 5.69 Å². The lowest BCUT2D eigenvalue weighted by atomic mass is 10.2. The highest BCUT2D eigenvalue weighted by atomic mass is 16.5. The van der Waals surface area contributed by atoms with Crippen LogP contribution in [-0.4, -0.2) is 19.3 Å². The van der Waals surface area contributed by atoms with Gasteiger partial charge in [-0.15, -0.1) is 0 Å². The summed E-state index contributed by atoms with van der Waals surface area (Å²) in [7, 11) is 0. The van der Waals surface area contributed by atoms with Gasteiger partial charge in [0.15, 0.2) is 0 Å². The molecule has 0 radical (unpaired) electrons. The fraction of sp³-hybridized carbons (Fsp3) is 0.455. The highest BCUT2D eigenvalue weighted by molar-refractivity contribution is 5.46. The quantitative estimate of drug-likeness (QED) is 0.521. The van der Waals surface area contributed by atoms with E-state index in [1.165, 1.54) is 19.3 Å². The Balaban J connectivity index is 1.71. The van der Waals surface area contributed by atoms with Crippen LogP contribution in [0.5, 0.6) is 11.5 Å². The first-order valence-corrected chi connectivity index (χ1v) is 9.38. The zero-order valence-corrected chi connectivity index (χ0v) is 15.8. The third-order valence-electron chi connectivity index (χ3n) is 4.14. The molecule has 136 valence electrons. The number of benzene rings is 2. The van der Waals surface area contributed by atoms with E-state index in [-0.39, 0.29) is 6.10 Å². The van der Waals surface area contributed by atoms with Crippen molar-refractivity contribution in [3.8, 4) is 11.5 Å². The molecule has 1 atom stereocenters. The molecule has 0 aromatic heterocycles. The molecule has 0 saturated heterocycles. The number of anilines is 1. The Bertz CT molecular complexity index is 610. The molecule has 0 aliphatic heterocycles. The average molecular weight is 341 g/mol. The summed E-state index contributed by atoms with van der Waals surface area (Å²) < 4.78 is 11.8. The second kappa shape index (κ2) is 10.7. The van der Waals surface area contributed by atoms with E-state index in [1.54, 1.807) is 0 Å². The van der Waals surface area contributed by atoms with Crippen molar-refractivity contribution in [1.82, 2.24) is 0 Å². The molecular formula is C22H31NO2. The Morgan fingerprint density at radius 2 is 1.72 bits per heavy atom. The Morgan fingerprint density at radius 3 is 2.44 bits per heavy atom. The topological polar surface area (TPSA) is 30.5 Å². The molecule has 25 heavy (non-hydrogen) atoms. The van der Waals surface area contributed by atoms with Crippen LogP contribution in [0.3, 0.4) is 0 Å². The zero-order valence-electron chi connectivity index (χ0n) is 15.8. The number of ether oxygens (including phenoxy) is 2. The van der Waals surface area contributed by atoms with Crippen molar-refractivity contribution in [2.45, 2.75) is 52.6 Å². The summed E-state index contributed by atoms with van der Waals surface area (Å²) >= 11 is 0. The average Bonchev–Trinajstić information content (AvgIpc) is 2.63. The van der Waals surface area contributed by atoms with Gasteiger partial charge >= 0.3 is 0 Å². The van der Waals surface area contributed by atoms with Gasteiger partial charge in [-0.2, -0.15) is 0 Å². The third-order valence-corrected chi connectivity index (χ3v) is 4.14. The number of nitrogens with one attached hydrogen (secondary N) is 1. The predicted molar refractivity (Wildman–Crippen MR) is 106 cm³/mol. The molecule has 0 aliphatic rings. The Kier molecular flexibility index (Phi) is 8.17. The van der Waals surface area contributed by atoms with Crippen LogP contribution in [-0.2, 0) is 0 Å². The van der Waals surface area contributed by atoms with Gasteiger partial charge < -0.3 is 14.8 Å². The molecule has 0 fully saturated rings. The van der Waals surface area contributed by atoms with Crippen molar-refractivity contribution >= 4 is 5.69 Å². The van der Waals surface area contributed by atoms with Crippen molar-refractivity contribution in [1.29, 1.82) is 0 Å². The number of aryl methyl sites for hydroxylation is 1. The molecule has 3 heteroatoms. The maximum Gasteiger partial charge on any atom is 0.122 e. The normalized spacial score (nSPS) is 11.8. The van der Waals surface area contributed by atoms with Crippen LogP contribution in [0.4, 0.5) is 5.69 Å². The lowest BCUT2D eigenvalue weighted by Crippen LogP contribution is -2.22. The van der Waals surface area contributed by atoms with Gasteiger partial charge in [0.2, 0.25) is 0 Å². The first-order valence-electron chi connectivity index (χ1n) is 9.38. The van der Waals surface area contributed by atoms with Crippen LogP contribution in [0.25, 0.3) is 0 Å². The van der Waals surface area contributed by atoms with Gasteiger partial charge in [-0.05, 0) is 56.2 Å². The number of hydrogen-bond donors (Lipinski definition) is 1. The summed E-state index contributed by atoms with van der Waals surface area (Å²) in [6.07, 6.45) is 5.01. The lowest BCUT2D eigenvalue weighted by molar-refractivity contribution is 0.233. The highest BCUT2D eigenvalue weighted by Gasteiger charge is 2.06. The molecule has 0 saturated carbocycles. The van der Waals surface area contributed by atoms with E-state index in [1.807, 2.05) is 30.3 Å². The molecule has 0 spiro atoms. The maximum absolute atomic E-state index is 5.99. The molecule has 0 heterocycles.